The topological polar surface area (TPSA) is 33.2 Å². The van der Waals surface area contributed by atoms with Crippen LogP contribution in [0.25, 0.3) is 0 Å². The third-order valence-corrected chi connectivity index (χ3v) is 3.42. The van der Waals surface area contributed by atoms with Crippen LogP contribution in [0, 0.1) is 12.8 Å². The van der Waals surface area contributed by atoms with Gasteiger partial charge in [0.2, 0.25) is 0 Å². The van der Waals surface area contributed by atoms with Gasteiger partial charge in [-0.05, 0) is 19.3 Å². The van der Waals surface area contributed by atoms with Crippen molar-refractivity contribution in [1.29, 1.82) is 0 Å². The van der Waals surface area contributed by atoms with E-state index in [9.17, 15) is 4.79 Å². The van der Waals surface area contributed by atoms with Crippen molar-refractivity contribution in [2.24, 2.45) is 5.92 Å². The van der Waals surface area contributed by atoms with Gasteiger partial charge in [0.1, 0.15) is 0 Å². The van der Waals surface area contributed by atoms with Crippen molar-refractivity contribution >= 4 is 17.2 Å². The first-order chi connectivity index (χ1) is 6.66. The van der Waals surface area contributed by atoms with Crippen molar-refractivity contribution in [2.45, 2.75) is 20.3 Å². The monoisotopic (exact) mass is 210 g/mol. The summed E-state index contributed by atoms with van der Waals surface area (Å²) < 4.78 is 0. The molecule has 3 nitrogen and oxygen atoms in total. The van der Waals surface area contributed by atoms with Crippen LogP contribution in [-0.2, 0) is 0 Å². The summed E-state index contributed by atoms with van der Waals surface area (Å²) in [5.74, 6) is 0.743. The fraction of sp³-hybridized carbons (Fsp3) is 0.600. The van der Waals surface area contributed by atoms with Crippen LogP contribution < -0.4 is 0 Å². The molecule has 1 aromatic heterocycles. The van der Waals surface area contributed by atoms with Gasteiger partial charge in [0.25, 0.3) is 5.91 Å². The molecule has 14 heavy (non-hydrogen) atoms. The zero-order valence-corrected chi connectivity index (χ0v) is 9.30. The second kappa shape index (κ2) is 3.69. The minimum Gasteiger partial charge on any atom is -0.336 e. The fourth-order valence-electron chi connectivity index (χ4n) is 1.71. The first-order valence-corrected chi connectivity index (χ1v) is 5.70. The van der Waals surface area contributed by atoms with Gasteiger partial charge in [-0.25, -0.2) is 4.98 Å². The lowest BCUT2D eigenvalue weighted by molar-refractivity contribution is 0.0787. The van der Waals surface area contributed by atoms with E-state index in [0.717, 1.165) is 24.4 Å². The second-order valence-corrected chi connectivity index (χ2v) is 5.16. The van der Waals surface area contributed by atoms with Crippen LogP contribution in [0.5, 0.6) is 0 Å². The van der Waals surface area contributed by atoms with Crippen LogP contribution in [0.1, 0.15) is 28.0 Å². The number of hydrogen-bond acceptors (Lipinski definition) is 3. The second-order valence-electron chi connectivity index (χ2n) is 3.92. The fourth-order valence-corrected chi connectivity index (χ4v) is 2.44. The summed E-state index contributed by atoms with van der Waals surface area (Å²) in [5, 5.41) is 0.636. The average Bonchev–Trinajstić information content (AvgIpc) is 2.73. The summed E-state index contributed by atoms with van der Waals surface area (Å²) >= 11 is 1.48. The average molecular weight is 210 g/mol. The van der Waals surface area contributed by atoms with E-state index in [1.54, 1.807) is 6.20 Å². The lowest BCUT2D eigenvalue weighted by atomic mass is 10.2. The molecule has 1 aliphatic rings. The first kappa shape index (κ1) is 9.65. The number of carbonyl (C=O) groups is 1. The van der Waals surface area contributed by atoms with E-state index in [1.807, 2.05) is 11.8 Å². The number of amides is 1. The van der Waals surface area contributed by atoms with E-state index in [4.69, 9.17) is 0 Å². The molecule has 1 fully saturated rings. The van der Waals surface area contributed by atoms with Crippen molar-refractivity contribution in [3.8, 4) is 0 Å². The smallest absolute Gasteiger partial charge is 0.282 e. The number of aryl methyl sites for hydroxylation is 1. The number of nitrogens with zero attached hydrogens (tertiary/aromatic N) is 2. The lowest BCUT2D eigenvalue weighted by Crippen LogP contribution is -2.28. The molecule has 1 aliphatic heterocycles. The molecule has 76 valence electrons. The molecule has 0 saturated carbocycles. The lowest BCUT2D eigenvalue weighted by Gasteiger charge is -2.13. The highest BCUT2D eigenvalue weighted by atomic mass is 32.1. The third-order valence-electron chi connectivity index (χ3n) is 2.52. The molecule has 2 heterocycles. The van der Waals surface area contributed by atoms with Crippen LogP contribution in [0.3, 0.4) is 0 Å². The van der Waals surface area contributed by atoms with Crippen LogP contribution in [0.2, 0.25) is 0 Å². The molecule has 1 aromatic rings. The summed E-state index contributed by atoms with van der Waals surface area (Å²) in [6.45, 7) is 5.93. The standard InChI is InChI=1S/C10H14N2OS/c1-7-3-4-12(6-7)10(13)9-11-5-8(2)14-9/h5,7H,3-4,6H2,1-2H3. The molecule has 0 bridgehead atoms. The number of carbonyl (C=O) groups excluding carboxylic acids is 1. The van der Waals surface area contributed by atoms with Gasteiger partial charge in [-0.3, -0.25) is 4.79 Å². The molecule has 1 amide bonds. The number of likely N-dealkylation sites (tertiary alicyclic amines) is 1. The molecule has 4 heteroatoms. The Morgan fingerprint density at radius 3 is 3.00 bits per heavy atom. The number of aromatic nitrogens is 1. The zero-order chi connectivity index (χ0) is 10.1. The Kier molecular flexibility index (Phi) is 2.54. The normalized spacial score (nSPS) is 21.6. The predicted molar refractivity (Wildman–Crippen MR) is 56.5 cm³/mol. The van der Waals surface area contributed by atoms with Crippen LogP contribution >= 0.6 is 11.3 Å². The van der Waals surface area contributed by atoms with Crippen molar-refractivity contribution in [2.75, 3.05) is 13.1 Å². The Balaban J connectivity index is 2.09. The summed E-state index contributed by atoms with van der Waals surface area (Å²) in [6, 6.07) is 0. The Morgan fingerprint density at radius 1 is 1.71 bits per heavy atom. The highest BCUT2D eigenvalue weighted by Crippen LogP contribution is 2.20. The molecule has 2 rings (SSSR count). The first-order valence-electron chi connectivity index (χ1n) is 4.88. The Labute approximate surface area is 87.8 Å². The van der Waals surface area contributed by atoms with Gasteiger partial charge in [-0.15, -0.1) is 11.3 Å². The Hall–Kier alpha value is -0.900. The maximum absolute atomic E-state index is 11.9. The SMILES string of the molecule is Cc1cnc(C(=O)N2CCC(C)C2)s1. The highest BCUT2D eigenvalue weighted by Gasteiger charge is 2.25. The molecular weight excluding hydrogens is 196 g/mol. The molecule has 1 unspecified atom stereocenters. The van der Waals surface area contributed by atoms with Gasteiger partial charge < -0.3 is 4.90 Å². The highest BCUT2D eigenvalue weighted by molar-refractivity contribution is 7.13. The summed E-state index contributed by atoms with van der Waals surface area (Å²) in [4.78, 5) is 19.0. The molecular formula is C10H14N2OS. The van der Waals surface area contributed by atoms with Crippen LogP contribution in [0.4, 0.5) is 0 Å². The van der Waals surface area contributed by atoms with Gasteiger partial charge in [-0.1, -0.05) is 6.92 Å². The Morgan fingerprint density at radius 2 is 2.50 bits per heavy atom. The predicted octanol–water partition coefficient (Wildman–Crippen LogP) is 1.93. The summed E-state index contributed by atoms with van der Waals surface area (Å²) in [7, 11) is 0. The van der Waals surface area contributed by atoms with Crippen molar-refractivity contribution < 1.29 is 4.79 Å². The largest absolute Gasteiger partial charge is 0.336 e. The van der Waals surface area contributed by atoms with E-state index in [1.165, 1.54) is 11.3 Å². The third kappa shape index (κ3) is 1.80. The number of rotatable bonds is 1. The minimum atomic E-state index is 0.104. The van der Waals surface area contributed by atoms with Gasteiger partial charge in [0.15, 0.2) is 5.01 Å². The molecule has 1 saturated heterocycles. The molecule has 0 aromatic carbocycles. The van der Waals surface area contributed by atoms with Crippen LogP contribution in [0.15, 0.2) is 6.20 Å². The van der Waals surface area contributed by atoms with Gasteiger partial charge in [0, 0.05) is 24.2 Å². The quantitative estimate of drug-likeness (QED) is 0.709. The Bertz CT molecular complexity index is 348. The molecule has 0 aliphatic carbocycles. The summed E-state index contributed by atoms with van der Waals surface area (Å²) in [6.07, 6.45) is 2.88. The number of thiazole rings is 1. The minimum absolute atomic E-state index is 0.104. The molecule has 1 atom stereocenters. The number of hydrogen-bond donors (Lipinski definition) is 0. The van der Waals surface area contributed by atoms with Gasteiger partial charge in [0.05, 0.1) is 0 Å². The summed E-state index contributed by atoms with van der Waals surface area (Å²) in [5.41, 5.74) is 0. The van der Waals surface area contributed by atoms with E-state index in [0.29, 0.717) is 10.9 Å². The van der Waals surface area contributed by atoms with E-state index >= 15 is 0 Å². The van der Waals surface area contributed by atoms with E-state index in [2.05, 4.69) is 11.9 Å². The maximum Gasteiger partial charge on any atom is 0.282 e. The maximum atomic E-state index is 11.9. The van der Waals surface area contributed by atoms with Crippen molar-refractivity contribution in [3.63, 3.8) is 0 Å². The molecule has 0 radical (unpaired) electrons. The van der Waals surface area contributed by atoms with Gasteiger partial charge >= 0.3 is 0 Å². The van der Waals surface area contributed by atoms with Crippen LogP contribution in [-0.4, -0.2) is 28.9 Å². The zero-order valence-electron chi connectivity index (χ0n) is 8.49. The van der Waals surface area contributed by atoms with Crippen molar-refractivity contribution in [1.82, 2.24) is 9.88 Å². The van der Waals surface area contributed by atoms with Gasteiger partial charge in [-0.2, -0.15) is 0 Å². The molecule has 0 N–H and O–H groups in total. The van der Waals surface area contributed by atoms with E-state index < -0.39 is 0 Å². The van der Waals surface area contributed by atoms with E-state index in [-0.39, 0.29) is 5.91 Å². The molecule has 0 spiro atoms. The van der Waals surface area contributed by atoms with Crippen molar-refractivity contribution in [3.05, 3.63) is 16.1 Å².